The lowest BCUT2D eigenvalue weighted by Crippen LogP contribution is -2.51. The van der Waals surface area contributed by atoms with Gasteiger partial charge in [0.15, 0.2) is 0 Å². The van der Waals surface area contributed by atoms with Crippen LogP contribution in [0.15, 0.2) is 35.6 Å². The van der Waals surface area contributed by atoms with Crippen LogP contribution in [0.5, 0.6) is 0 Å². The number of nitrogens with zero attached hydrogens (tertiary/aromatic N) is 1. The van der Waals surface area contributed by atoms with E-state index in [0.29, 0.717) is 29.4 Å². The average Bonchev–Trinajstić information content (AvgIpc) is 3.45. The smallest absolute Gasteiger partial charge is 0.306 e. The number of unbranched alkanes of at least 4 members (excludes halogenated alkanes) is 9. The molecule has 5 nitrogen and oxygen atoms in total. The number of allylic oxidation sites excluding steroid dienone is 4. The molecular weight excluding hydrogens is 631 g/mol. The molecule has 6 unspecified atom stereocenters. The van der Waals surface area contributed by atoms with E-state index in [-0.39, 0.29) is 17.0 Å². The first kappa shape index (κ1) is 41.8. The van der Waals surface area contributed by atoms with Crippen LogP contribution in [-0.2, 0) is 9.53 Å². The molecule has 51 heavy (non-hydrogen) atoms. The van der Waals surface area contributed by atoms with Crippen LogP contribution >= 0.6 is 0 Å². The molecule has 0 aromatic heterocycles. The fourth-order valence-corrected chi connectivity index (χ4v) is 11.4. The Bertz CT molecular complexity index is 1190. The summed E-state index contributed by atoms with van der Waals surface area (Å²) in [7, 11) is 0. The minimum absolute atomic E-state index is 0.00563. The van der Waals surface area contributed by atoms with Gasteiger partial charge in [0, 0.05) is 12.8 Å². The summed E-state index contributed by atoms with van der Waals surface area (Å²) < 4.78 is 6.10. The number of carbonyl (C=O) groups is 1. The second-order valence-electron chi connectivity index (χ2n) is 18.4. The molecule has 290 valence electrons. The van der Waals surface area contributed by atoms with Gasteiger partial charge in [0.1, 0.15) is 6.10 Å². The zero-order valence-corrected chi connectivity index (χ0v) is 33.9. The maximum atomic E-state index is 12.8. The number of ether oxygens (including phenoxy) is 1. The van der Waals surface area contributed by atoms with Gasteiger partial charge in [0.2, 0.25) is 5.70 Å². The fraction of sp³-hybridized carbons (Fsp3) is 0.848. The Balaban J connectivity index is 1.13. The highest BCUT2D eigenvalue weighted by atomic mass is 16.6. The molecule has 0 N–H and O–H groups in total. The van der Waals surface area contributed by atoms with Crippen LogP contribution in [-0.4, -0.2) is 17.0 Å². The molecule has 0 radical (unpaired) electrons. The Morgan fingerprint density at radius 2 is 1.65 bits per heavy atom. The SMILES string of the molecule is CCCCC/C=C(/C/C=C/CCCCCCCC(=O)OC1CCC2(C)C(=CCC3C4CC[C@H](C(C)CCCCC(C)C)C4(C)CC[C@@H]32)C1)[N+](=O)[O-]. The lowest BCUT2D eigenvalue weighted by molar-refractivity contribution is -0.427. The third-order valence-corrected chi connectivity index (χ3v) is 14.5. The first-order chi connectivity index (χ1) is 24.5. The number of rotatable bonds is 22. The van der Waals surface area contributed by atoms with E-state index < -0.39 is 0 Å². The zero-order chi connectivity index (χ0) is 36.9. The Kier molecular flexibility index (Phi) is 16.8. The van der Waals surface area contributed by atoms with E-state index in [1.165, 1.54) is 64.2 Å². The Morgan fingerprint density at radius 3 is 2.41 bits per heavy atom. The molecule has 5 heteroatoms. The van der Waals surface area contributed by atoms with Gasteiger partial charge in [-0.1, -0.05) is 123 Å². The third-order valence-electron chi connectivity index (χ3n) is 14.5. The van der Waals surface area contributed by atoms with E-state index in [9.17, 15) is 14.9 Å². The highest BCUT2D eigenvalue weighted by Crippen LogP contribution is 2.67. The van der Waals surface area contributed by atoms with Crippen molar-refractivity contribution in [3.8, 4) is 0 Å². The topological polar surface area (TPSA) is 69.4 Å². The van der Waals surface area contributed by atoms with E-state index in [4.69, 9.17) is 4.74 Å². The number of hydrogen-bond acceptors (Lipinski definition) is 4. The molecular formula is C46H77NO4. The van der Waals surface area contributed by atoms with Gasteiger partial charge >= 0.3 is 5.97 Å². The number of carbonyl (C=O) groups excluding carboxylic acids is 1. The maximum absolute atomic E-state index is 12.8. The molecule has 4 aliphatic carbocycles. The molecule has 0 amide bonds. The second-order valence-corrected chi connectivity index (χ2v) is 18.4. The number of fused-ring (bicyclic) bond motifs is 5. The van der Waals surface area contributed by atoms with Crippen molar-refractivity contribution < 1.29 is 14.5 Å². The molecule has 8 atom stereocenters. The lowest BCUT2D eigenvalue weighted by Gasteiger charge is -2.58. The van der Waals surface area contributed by atoms with E-state index in [1.807, 2.05) is 6.08 Å². The molecule has 0 saturated heterocycles. The summed E-state index contributed by atoms with van der Waals surface area (Å²) in [6.45, 7) is 14.7. The fourth-order valence-electron chi connectivity index (χ4n) is 11.4. The molecule has 0 aromatic carbocycles. The molecule has 0 aromatic rings. The summed E-state index contributed by atoms with van der Waals surface area (Å²) in [5.41, 5.74) is 2.75. The van der Waals surface area contributed by atoms with E-state index in [1.54, 1.807) is 11.6 Å². The summed E-state index contributed by atoms with van der Waals surface area (Å²) >= 11 is 0. The maximum Gasteiger partial charge on any atom is 0.306 e. The van der Waals surface area contributed by atoms with E-state index in [2.05, 4.69) is 53.7 Å². The van der Waals surface area contributed by atoms with Gasteiger partial charge < -0.3 is 4.74 Å². The second kappa shape index (κ2) is 20.5. The molecule has 4 aliphatic rings. The number of nitro groups is 1. The largest absolute Gasteiger partial charge is 0.462 e. The molecule has 0 spiro atoms. The quantitative estimate of drug-likeness (QED) is 0.0369. The van der Waals surface area contributed by atoms with Crippen LogP contribution in [0.2, 0.25) is 0 Å². The lowest BCUT2D eigenvalue weighted by atomic mass is 9.47. The van der Waals surface area contributed by atoms with Gasteiger partial charge in [-0.25, -0.2) is 0 Å². The Hall–Kier alpha value is -1.91. The van der Waals surface area contributed by atoms with Crippen molar-refractivity contribution >= 4 is 5.97 Å². The van der Waals surface area contributed by atoms with Crippen LogP contribution in [0.1, 0.15) is 196 Å². The predicted octanol–water partition coefficient (Wildman–Crippen LogP) is 13.7. The molecule has 3 saturated carbocycles. The van der Waals surface area contributed by atoms with Gasteiger partial charge in [0.05, 0.1) is 11.3 Å². The van der Waals surface area contributed by atoms with Crippen molar-refractivity contribution in [2.24, 2.45) is 46.3 Å². The highest BCUT2D eigenvalue weighted by molar-refractivity contribution is 5.69. The molecule has 3 fully saturated rings. The van der Waals surface area contributed by atoms with Gasteiger partial charge in [-0.2, -0.15) is 0 Å². The van der Waals surface area contributed by atoms with Crippen LogP contribution < -0.4 is 0 Å². The first-order valence-corrected chi connectivity index (χ1v) is 21.9. The highest BCUT2D eigenvalue weighted by Gasteiger charge is 2.59. The minimum Gasteiger partial charge on any atom is -0.462 e. The summed E-state index contributed by atoms with van der Waals surface area (Å²) in [6.07, 6.45) is 35.5. The minimum atomic E-state index is -0.236. The Morgan fingerprint density at radius 1 is 0.902 bits per heavy atom. The molecule has 4 rings (SSSR count). The van der Waals surface area contributed by atoms with Gasteiger partial charge in [-0.3, -0.25) is 14.9 Å². The van der Waals surface area contributed by atoms with Crippen molar-refractivity contribution in [1.29, 1.82) is 0 Å². The van der Waals surface area contributed by atoms with Crippen molar-refractivity contribution in [2.45, 2.75) is 202 Å². The number of esters is 1. The van der Waals surface area contributed by atoms with Crippen LogP contribution in [0, 0.1) is 56.5 Å². The van der Waals surface area contributed by atoms with Crippen molar-refractivity contribution in [3.05, 3.63) is 45.7 Å². The summed E-state index contributed by atoms with van der Waals surface area (Å²) in [5.74, 6) is 5.12. The summed E-state index contributed by atoms with van der Waals surface area (Å²) in [4.78, 5) is 23.9. The van der Waals surface area contributed by atoms with Gasteiger partial charge in [0.25, 0.3) is 0 Å². The monoisotopic (exact) mass is 708 g/mol. The molecule has 0 heterocycles. The van der Waals surface area contributed by atoms with Crippen molar-refractivity contribution in [1.82, 2.24) is 0 Å². The van der Waals surface area contributed by atoms with Crippen LogP contribution in [0.4, 0.5) is 0 Å². The average molecular weight is 708 g/mol. The van der Waals surface area contributed by atoms with Gasteiger partial charge in [-0.05, 0) is 129 Å². The standard InChI is InChI=1S/C46H77NO4/c1-7-8-9-16-23-38(47(49)50)24-17-14-12-10-11-13-15-18-25-44(48)51-39-30-32-45(5)37(34-39)26-27-40-42-29-28-41(46(42,6)33-31-43(40)45)36(4)22-20-19-21-35(2)3/h14,17,23,26,35-36,39-43H,7-13,15-16,18-22,24-25,27-34H2,1-6H3/b17-14+,38-23-/t36?,39?,40?,41-,42?,43+,45?,46?/m1/s1. The molecule has 0 bridgehead atoms. The van der Waals surface area contributed by atoms with Crippen molar-refractivity contribution in [2.75, 3.05) is 0 Å². The third kappa shape index (κ3) is 11.5. The first-order valence-electron chi connectivity index (χ1n) is 21.9. The summed E-state index contributed by atoms with van der Waals surface area (Å²) in [6, 6.07) is 0. The molecule has 0 aliphatic heterocycles. The predicted molar refractivity (Wildman–Crippen MR) is 213 cm³/mol. The van der Waals surface area contributed by atoms with E-state index in [0.717, 1.165) is 113 Å². The van der Waals surface area contributed by atoms with Crippen molar-refractivity contribution in [3.63, 3.8) is 0 Å². The van der Waals surface area contributed by atoms with E-state index >= 15 is 0 Å². The van der Waals surface area contributed by atoms with Crippen LogP contribution in [0.3, 0.4) is 0 Å². The summed E-state index contributed by atoms with van der Waals surface area (Å²) in [5, 5.41) is 11.3. The number of hydrogen-bond donors (Lipinski definition) is 0. The van der Waals surface area contributed by atoms with Gasteiger partial charge in [-0.15, -0.1) is 0 Å². The van der Waals surface area contributed by atoms with Crippen LogP contribution in [0.25, 0.3) is 0 Å². The Labute approximate surface area is 313 Å². The normalized spacial score (nSPS) is 31.2. The zero-order valence-electron chi connectivity index (χ0n) is 33.9.